The number of aromatic amines is 1. The molecular weight excluding hydrogens is 148 g/mol. The number of aryl methyl sites for hydroxylation is 2. The molecule has 1 rings (SSSR count). The van der Waals surface area contributed by atoms with Gasteiger partial charge in [-0.15, -0.1) is 0 Å². The second-order valence-electron chi connectivity index (χ2n) is 2.64. The zero-order chi connectivity index (χ0) is 8.97. The van der Waals surface area contributed by atoms with Gasteiger partial charge < -0.3 is 4.98 Å². The Hall–Kier alpha value is -1.31. The summed E-state index contributed by atoms with van der Waals surface area (Å²) in [6.07, 6.45) is 6.54. The monoisotopic (exact) mass is 162 g/mol. The van der Waals surface area contributed by atoms with Crippen molar-refractivity contribution >= 4 is 6.08 Å². The van der Waals surface area contributed by atoms with Gasteiger partial charge in [0.2, 0.25) is 0 Å². The Balaban J connectivity index is 2.91. The highest BCUT2D eigenvalue weighted by Gasteiger charge is 2.00. The van der Waals surface area contributed by atoms with Gasteiger partial charge in [-0.05, 0) is 13.0 Å². The Kier molecular flexibility index (Phi) is 2.86. The van der Waals surface area contributed by atoms with Crippen LogP contribution in [0.5, 0.6) is 0 Å². The van der Waals surface area contributed by atoms with Gasteiger partial charge in [0.1, 0.15) is 5.82 Å². The van der Waals surface area contributed by atoms with Crippen LogP contribution in [0.3, 0.4) is 0 Å². The molecule has 0 aliphatic rings. The summed E-state index contributed by atoms with van der Waals surface area (Å²) in [5.74, 6) is 1.04. The van der Waals surface area contributed by atoms with E-state index in [9.17, 15) is 0 Å². The quantitative estimate of drug-likeness (QED) is 0.679. The van der Waals surface area contributed by atoms with E-state index in [0.717, 1.165) is 23.6 Å². The first-order valence-electron chi connectivity index (χ1n) is 4.12. The number of hydrogen-bond acceptors (Lipinski definition) is 1. The van der Waals surface area contributed by atoms with Crippen molar-refractivity contribution in [3.8, 4) is 0 Å². The maximum atomic E-state index is 4.38. The molecule has 0 spiro atoms. The van der Waals surface area contributed by atoms with Gasteiger partial charge in [0.05, 0.1) is 5.69 Å². The van der Waals surface area contributed by atoms with Gasteiger partial charge in [0.15, 0.2) is 0 Å². The first-order valence-corrected chi connectivity index (χ1v) is 4.12. The number of nitrogens with one attached hydrogen (secondary N) is 1. The van der Waals surface area contributed by atoms with Crippen LogP contribution in [-0.4, -0.2) is 9.97 Å². The molecule has 64 valence electrons. The molecule has 0 unspecified atom stereocenters. The molecule has 2 heteroatoms. The first kappa shape index (κ1) is 8.78. The normalized spacial score (nSPS) is 10.8. The molecule has 0 saturated carbocycles. The lowest BCUT2D eigenvalue weighted by atomic mass is 10.3. The Bertz CT molecular complexity index is 295. The minimum Gasteiger partial charge on any atom is -0.346 e. The number of nitrogens with zero attached hydrogens (tertiary/aromatic N) is 1. The van der Waals surface area contributed by atoms with Gasteiger partial charge in [-0.1, -0.05) is 25.7 Å². The van der Waals surface area contributed by atoms with Crippen molar-refractivity contribution in [3.05, 3.63) is 35.9 Å². The van der Waals surface area contributed by atoms with Crippen LogP contribution in [0.1, 0.15) is 24.1 Å². The molecule has 0 aromatic carbocycles. The van der Waals surface area contributed by atoms with Crippen molar-refractivity contribution in [2.24, 2.45) is 0 Å². The molecule has 0 saturated heterocycles. The maximum Gasteiger partial charge on any atom is 0.106 e. The van der Waals surface area contributed by atoms with Crippen molar-refractivity contribution in [2.45, 2.75) is 20.3 Å². The zero-order valence-corrected chi connectivity index (χ0v) is 7.59. The van der Waals surface area contributed by atoms with Gasteiger partial charge in [0, 0.05) is 12.1 Å². The summed E-state index contributed by atoms with van der Waals surface area (Å²) in [4.78, 5) is 7.58. The van der Waals surface area contributed by atoms with Crippen LogP contribution in [0.25, 0.3) is 6.08 Å². The van der Waals surface area contributed by atoms with E-state index in [4.69, 9.17) is 0 Å². The van der Waals surface area contributed by atoms with Gasteiger partial charge in [0.25, 0.3) is 0 Å². The van der Waals surface area contributed by atoms with Gasteiger partial charge in [-0.25, -0.2) is 4.98 Å². The lowest BCUT2D eigenvalue weighted by molar-refractivity contribution is 0.981. The van der Waals surface area contributed by atoms with Crippen molar-refractivity contribution in [1.82, 2.24) is 9.97 Å². The molecule has 0 aliphatic heterocycles. The van der Waals surface area contributed by atoms with E-state index in [1.54, 1.807) is 6.08 Å². The number of rotatable bonds is 3. The molecule has 0 radical (unpaired) electrons. The molecule has 2 nitrogen and oxygen atoms in total. The maximum absolute atomic E-state index is 4.38. The first-order chi connectivity index (χ1) is 5.77. The van der Waals surface area contributed by atoms with Gasteiger partial charge in [-0.2, -0.15) is 0 Å². The Morgan fingerprint density at radius 3 is 2.83 bits per heavy atom. The van der Waals surface area contributed by atoms with Gasteiger partial charge >= 0.3 is 0 Å². The summed E-state index contributed by atoms with van der Waals surface area (Å²) >= 11 is 0. The van der Waals surface area contributed by atoms with E-state index in [2.05, 4.69) is 23.5 Å². The third kappa shape index (κ3) is 1.84. The molecule has 1 aromatic heterocycles. The minimum atomic E-state index is 0.947. The number of hydrogen-bond donors (Lipinski definition) is 1. The molecule has 0 atom stereocenters. The van der Waals surface area contributed by atoms with Gasteiger partial charge in [-0.3, -0.25) is 0 Å². The fourth-order valence-electron chi connectivity index (χ4n) is 1.03. The molecule has 0 bridgehead atoms. The third-order valence-corrected chi connectivity index (χ3v) is 1.70. The second kappa shape index (κ2) is 3.90. The highest BCUT2D eigenvalue weighted by molar-refractivity contribution is 5.49. The second-order valence-corrected chi connectivity index (χ2v) is 2.64. The zero-order valence-electron chi connectivity index (χ0n) is 7.59. The van der Waals surface area contributed by atoms with E-state index in [-0.39, 0.29) is 0 Å². The van der Waals surface area contributed by atoms with E-state index in [0.29, 0.717) is 0 Å². The summed E-state index contributed by atoms with van der Waals surface area (Å²) in [5, 5.41) is 0. The standard InChI is InChI=1S/C10H14N2/c1-4-6-7-9-8(3)11-10(5-2)12-9/h4,6-7H,1,5H2,2-3H3,(H,11,12)/b7-6-. The molecule has 1 N–H and O–H groups in total. The van der Waals surface area contributed by atoms with E-state index in [1.165, 1.54) is 0 Å². The van der Waals surface area contributed by atoms with Crippen molar-refractivity contribution in [2.75, 3.05) is 0 Å². The lowest BCUT2D eigenvalue weighted by Crippen LogP contribution is -1.80. The molecule has 0 aliphatic carbocycles. The number of aromatic nitrogens is 2. The Labute approximate surface area is 73.0 Å². The number of allylic oxidation sites excluding steroid dienone is 2. The molecule has 12 heavy (non-hydrogen) atoms. The van der Waals surface area contributed by atoms with Crippen LogP contribution in [-0.2, 0) is 6.42 Å². The molecular formula is C10H14N2. The summed E-state index contributed by atoms with van der Waals surface area (Å²) in [6, 6.07) is 0. The average molecular weight is 162 g/mol. The van der Waals surface area contributed by atoms with Crippen molar-refractivity contribution < 1.29 is 0 Å². The predicted octanol–water partition coefficient (Wildman–Crippen LogP) is 2.48. The fraction of sp³-hybridized carbons (Fsp3) is 0.300. The van der Waals surface area contributed by atoms with Crippen molar-refractivity contribution in [1.29, 1.82) is 0 Å². The Morgan fingerprint density at radius 2 is 2.33 bits per heavy atom. The minimum absolute atomic E-state index is 0.947. The van der Waals surface area contributed by atoms with Crippen LogP contribution in [0.2, 0.25) is 0 Å². The van der Waals surface area contributed by atoms with Crippen LogP contribution in [0.4, 0.5) is 0 Å². The highest BCUT2D eigenvalue weighted by Crippen LogP contribution is 2.07. The largest absolute Gasteiger partial charge is 0.346 e. The summed E-state index contributed by atoms with van der Waals surface area (Å²) < 4.78 is 0. The van der Waals surface area contributed by atoms with Crippen LogP contribution in [0, 0.1) is 6.92 Å². The van der Waals surface area contributed by atoms with E-state index < -0.39 is 0 Å². The number of imidazole rings is 1. The summed E-state index contributed by atoms with van der Waals surface area (Å²) in [7, 11) is 0. The average Bonchev–Trinajstić information content (AvgIpc) is 2.43. The SMILES string of the molecule is C=C/C=C\c1nc(CC)[nH]c1C. The molecule has 1 aromatic rings. The highest BCUT2D eigenvalue weighted by atomic mass is 14.9. The molecule has 0 fully saturated rings. The third-order valence-electron chi connectivity index (χ3n) is 1.70. The van der Waals surface area contributed by atoms with Crippen molar-refractivity contribution in [3.63, 3.8) is 0 Å². The smallest absolute Gasteiger partial charge is 0.106 e. The van der Waals surface area contributed by atoms with E-state index in [1.807, 2.05) is 19.1 Å². The summed E-state index contributed by atoms with van der Waals surface area (Å²) in [6.45, 7) is 7.71. The van der Waals surface area contributed by atoms with Crippen LogP contribution in [0.15, 0.2) is 18.7 Å². The molecule has 0 amide bonds. The van der Waals surface area contributed by atoms with Crippen LogP contribution < -0.4 is 0 Å². The number of H-pyrrole nitrogens is 1. The fourth-order valence-corrected chi connectivity index (χ4v) is 1.03. The topological polar surface area (TPSA) is 28.7 Å². The predicted molar refractivity (Wildman–Crippen MR) is 51.9 cm³/mol. The van der Waals surface area contributed by atoms with Crippen LogP contribution >= 0.6 is 0 Å². The lowest BCUT2D eigenvalue weighted by Gasteiger charge is -1.83. The summed E-state index contributed by atoms with van der Waals surface area (Å²) in [5.41, 5.74) is 2.12. The Morgan fingerprint density at radius 1 is 1.58 bits per heavy atom. The van der Waals surface area contributed by atoms with E-state index >= 15 is 0 Å². The molecule has 1 heterocycles.